The maximum atomic E-state index is 13.6. The van der Waals surface area contributed by atoms with Crippen LogP contribution in [0.25, 0.3) is 0 Å². The van der Waals surface area contributed by atoms with Crippen molar-refractivity contribution in [2.45, 2.75) is 19.1 Å². The molecule has 0 aliphatic heterocycles. The molecule has 122 valence electrons. The van der Waals surface area contributed by atoms with Crippen LogP contribution in [-0.4, -0.2) is 16.6 Å². The smallest absolute Gasteiger partial charge is 0.274 e. The van der Waals surface area contributed by atoms with E-state index in [4.69, 9.17) is 0 Å². The Balaban J connectivity index is 2.10. The largest absolute Gasteiger partial charge is 0.387 e. The topological polar surface area (TPSA) is 75.4 Å². The first kappa shape index (κ1) is 17.0. The van der Waals surface area contributed by atoms with Crippen molar-refractivity contribution in [2.24, 2.45) is 0 Å². The number of hydrogen-bond donors (Lipinski definition) is 2. The summed E-state index contributed by atoms with van der Waals surface area (Å²) < 4.78 is 27.2. The van der Waals surface area contributed by atoms with E-state index in [2.05, 4.69) is 5.32 Å². The van der Waals surface area contributed by atoms with Crippen molar-refractivity contribution in [3.63, 3.8) is 0 Å². The summed E-state index contributed by atoms with van der Waals surface area (Å²) in [4.78, 5) is 10.5. The van der Waals surface area contributed by atoms with Crippen molar-refractivity contribution in [3.8, 4) is 0 Å². The molecule has 2 atom stereocenters. The summed E-state index contributed by atoms with van der Waals surface area (Å²) >= 11 is 0. The second-order valence-electron chi connectivity index (χ2n) is 5.10. The Bertz CT molecular complexity index is 689. The molecule has 2 N–H and O–H groups in total. The minimum absolute atomic E-state index is 0.0564. The van der Waals surface area contributed by atoms with Gasteiger partial charge in [0.2, 0.25) is 0 Å². The third-order valence-electron chi connectivity index (χ3n) is 3.55. The van der Waals surface area contributed by atoms with Crippen LogP contribution in [0.3, 0.4) is 0 Å². The maximum absolute atomic E-state index is 13.6. The Labute approximate surface area is 131 Å². The molecular formula is C16H16F2N2O3. The Morgan fingerprint density at radius 3 is 2.39 bits per heavy atom. The molecule has 0 aliphatic rings. The molecule has 2 unspecified atom stereocenters. The first-order chi connectivity index (χ1) is 10.9. The molecular weight excluding hydrogens is 306 g/mol. The fourth-order valence-electron chi connectivity index (χ4n) is 2.35. The van der Waals surface area contributed by atoms with Crippen LogP contribution in [0.4, 0.5) is 14.5 Å². The van der Waals surface area contributed by atoms with E-state index >= 15 is 0 Å². The van der Waals surface area contributed by atoms with Crippen molar-refractivity contribution in [1.82, 2.24) is 5.32 Å². The lowest BCUT2D eigenvalue weighted by Crippen LogP contribution is -2.26. The standard InChI is InChI=1S/C16H16F2N2O3/c1-10(11-5-2-3-8-14(11)20(22)23)19-9-15(21)16-12(17)6-4-7-13(16)18/h2-8,10,15,19,21H,9H2,1H3. The highest BCUT2D eigenvalue weighted by molar-refractivity contribution is 5.41. The number of hydrogen-bond acceptors (Lipinski definition) is 4. The van der Waals surface area contributed by atoms with Gasteiger partial charge < -0.3 is 10.4 Å². The van der Waals surface area contributed by atoms with Crippen LogP contribution in [0.2, 0.25) is 0 Å². The highest BCUT2D eigenvalue weighted by Gasteiger charge is 2.21. The molecule has 2 rings (SSSR count). The minimum Gasteiger partial charge on any atom is -0.387 e. The predicted octanol–water partition coefficient (Wildman–Crippen LogP) is 3.26. The number of halogens is 2. The molecule has 0 fully saturated rings. The van der Waals surface area contributed by atoms with E-state index in [1.54, 1.807) is 25.1 Å². The van der Waals surface area contributed by atoms with Gasteiger partial charge in [-0.25, -0.2) is 8.78 Å². The average Bonchev–Trinajstić information content (AvgIpc) is 2.52. The van der Waals surface area contributed by atoms with Crippen molar-refractivity contribution in [1.29, 1.82) is 0 Å². The fraction of sp³-hybridized carbons (Fsp3) is 0.250. The maximum Gasteiger partial charge on any atom is 0.274 e. The Kier molecular flexibility index (Phi) is 5.36. The van der Waals surface area contributed by atoms with Crippen molar-refractivity contribution < 1.29 is 18.8 Å². The van der Waals surface area contributed by atoms with Gasteiger partial charge >= 0.3 is 0 Å². The number of nitrogens with one attached hydrogen (secondary N) is 1. The summed E-state index contributed by atoms with van der Waals surface area (Å²) in [6, 6.07) is 9.04. The highest BCUT2D eigenvalue weighted by Crippen LogP contribution is 2.25. The molecule has 2 aromatic rings. The summed E-state index contributed by atoms with van der Waals surface area (Å²) in [5, 5.41) is 23.8. The zero-order chi connectivity index (χ0) is 17.0. The second-order valence-corrected chi connectivity index (χ2v) is 5.10. The average molecular weight is 322 g/mol. The van der Waals surface area contributed by atoms with Crippen LogP contribution in [0.5, 0.6) is 0 Å². The molecule has 2 aromatic carbocycles. The third-order valence-corrected chi connectivity index (χ3v) is 3.55. The SMILES string of the molecule is CC(NCC(O)c1c(F)cccc1F)c1ccccc1[N+](=O)[O-]. The van der Waals surface area contributed by atoms with E-state index in [0.717, 1.165) is 12.1 Å². The van der Waals surface area contributed by atoms with E-state index < -0.39 is 34.3 Å². The number of aliphatic hydroxyl groups excluding tert-OH is 1. The summed E-state index contributed by atoms with van der Waals surface area (Å²) in [5.41, 5.74) is -0.0486. The number of benzene rings is 2. The summed E-state index contributed by atoms with van der Waals surface area (Å²) in [6.45, 7) is 1.53. The summed E-state index contributed by atoms with van der Waals surface area (Å²) in [5.74, 6) is -1.67. The van der Waals surface area contributed by atoms with Crippen molar-refractivity contribution >= 4 is 5.69 Å². The number of nitro benzene ring substituents is 1. The van der Waals surface area contributed by atoms with Crippen LogP contribution >= 0.6 is 0 Å². The zero-order valence-electron chi connectivity index (χ0n) is 12.4. The molecule has 0 saturated carbocycles. The molecule has 0 bridgehead atoms. The summed E-state index contributed by atoms with van der Waals surface area (Å²) in [7, 11) is 0. The zero-order valence-corrected chi connectivity index (χ0v) is 12.4. The molecule has 0 aromatic heterocycles. The lowest BCUT2D eigenvalue weighted by molar-refractivity contribution is -0.385. The van der Waals surface area contributed by atoms with Crippen LogP contribution in [-0.2, 0) is 0 Å². The fourth-order valence-corrected chi connectivity index (χ4v) is 2.35. The minimum atomic E-state index is -1.40. The Hall–Kier alpha value is -2.38. The van der Waals surface area contributed by atoms with Gasteiger partial charge in [0.1, 0.15) is 11.6 Å². The number of para-hydroxylation sites is 1. The first-order valence-electron chi connectivity index (χ1n) is 7.00. The van der Waals surface area contributed by atoms with E-state index in [0.29, 0.717) is 5.56 Å². The van der Waals surface area contributed by atoms with Gasteiger partial charge in [-0.1, -0.05) is 24.3 Å². The van der Waals surface area contributed by atoms with E-state index in [-0.39, 0.29) is 12.2 Å². The Morgan fingerprint density at radius 1 is 1.17 bits per heavy atom. The van der Waals surface area contributed by atoms with E-state index in [1.165, 1.54) is 12.1 Å². The van der Waals surface area contributed by atoms with Crippen molar-refractivity contribution in [3.05, 3.63) is 75.3 Å². The van der Waals surface area contributed by atoms with E-state index in [9.17, 15) is 24.0 Å². The summed E-state index contributed by atoms with van der Waals surface area (Å²) in [6.07, 6.45) is -1.40. The van der Waals surface area contributed by atoms with Crippen LogP contribution in [0, 0.1) is 21.7 Å². The molecule has 23 heavy (non-hydrogen) atoms. The van der Waals surface area contributed by atoms with Gasteiger partial charge in [-0.05, 0) is 19.1 Å². The number of aliphatic hydroxyl groups is 1. The molecule has 5 nitrogen and oxygen atoms in total. The predicted molar refractivity (Wildman–Crippen MR) is 80.8 cm³/mol. The molecule has 0 aliphatic carbocycles. The van der Waals surface area contributed by atoms with Gasteiger partial charge in [-0.15, -0.1) is 0 Å². The Morgan fingerprint density at radius 2 is 1.78 bits per heavy atom. The molecule has 0 radical (unpaired) electrons. The van der Waals surface area contributed by atoms with Gasteiger partial charge in [-0.3, -0.25) is 10.1 Å². The van der Waals surface area contributed by atoms with Gasteiger partial charge in [-0.2, -0.15) is 0 Å². The number of rotatable bonds is 6. The molecule has 0 heterocycles. The first-order valence-corrected chi connectivity index (χ1v) is 7.00. The number of nitro groups is 1. The monoisotopic (exact) mass is 322 g/mol. The molecule has 0 saturated heterocycles. The van der Waals surface area contributed by atoms with Gasteiger partial charge in [0.25, 0.3) is 5.69 Å². The lowest BCUT2D eigenvalue weighted by atomic mass is 10.0. The van der Waals surface area contributed by atoms with Crippen LogP contribution in [0.1, 0.15) is 30.2 Å². The number of nitrogens with zero attached hydrogens (tertiary/aromatic N) is 1. The normalized spacial score (nSPS) is 13.6. The van der Waals surface area contributed by atoms with E-state index in [1.807, 2.05) is 0 Å². The highest BCUT2D eigenvalue weighted by atomic mass is 19.1. The van der Waals surface area contributed by atoms with Gasteiger partial charge in [0.05, 0.1) is 16.6 Å². The van der Waals surface area contributed by atoms with Crippen LogP contribution in [0.15, 0.2) is 42.5 Å². The molecule has 0 spiro atoms. The molecule has 7 heteroatoms. The van der Waals surface area contributed by atoms with Crippen LogP contribution < -0.4 is 5.32 Å². The van der Waals surface area contributed by atoms with Gasteiger partial charge in [0.15, 0.2) is 0 Å². The second kappa shape index (κ2) is 7.26. The lowest BCUT2D eigenvalue weighted by Gasteiger charge is -2.18. The van der Waals surface area contributed by atoms with Crippen molar-refractivity contribution in [2.75, 3.05) is 6.54 Å². The molecule has 0 amide bonds. The third kappa shape index (κ3) is 3.88. The quantitative estimate of drug-likeness (QED) is 0.632. The van der Waals surface area contributed by atoms with Gasteiger partial charge in [0, 0.05) is 24.2 Å².